The number of hydrogen-bond donors (Lipinski definition) is 1. The Bertz CT molecular complexity index is 465. The number of aromatic nitrogens is 1. The molecule has 1 aromatic heterocycles. The van der Waals surface area contributed by atoms with Gasteiger partial charge in [0.25, 0.3) is 0 Å². The van der Waals surface area contributed by atoms with Gasteiger partial charge in [0.2, 0.25) is 0 Å². The van der Waals surface area contributed by atoms with Gasteiger partial charge in [-0.3, -0.25) is 4.98 Å². The van der Waals surface area contributed by atoms with E-state index in [0.717, 1.165) is 16.7 Å². The third kappa shape index (κ3) is 2.31. The van der Waals surface area contributed by atoms with Crippen molar-refractivity contribution in [3.8, 4) is 5.75 Å². The molecule has 0 bridgehead atoms. The van der Waals surface area contributed by atoms with E-state index in [0.29, 0.717) is 13.0 Å². The van der Waals surface area contributed by atoms with Crippen molar-refractivity contribution in [2.45, 2.75) is 19.4 Å². The summed E-state index contributed by atoms with van der Waals surface area (Å²) in [6.07, 6.45) is 2.04. The Morgan fingerprint density at radius 2 is 2.19 bits per heavy atom. The molecule has 0 amide bonds. The molecule has 16 heavy (non-hydrogen) atoms. The Morgan fingerprint density at radius 3 is 3.00 bits per heavy atom. The van der Waals surface area contributed by atoms with Gasteiger partial charge in [-0.25, -0.2) is 0 Å². The summed E-state index contributed by atoms with van der Waals surface area (Å²) in [4.78, 5) is 4.25. The first-order valence-corrected chi connectivity index (χ1v) is 5.46. The lowest BCUT2D eigenvalue weighted by atomic mass is 10.2. The number of benzene rings is 1. The van der Waals surface area contributed by atoms with Crippen LogP contribution in [0.5, 0.6) is 5.75 Å². The number of aliphatic hydroxyl groups is 1. The SMILES string of the molecule is CCC(O)COc1cccc2ncccc12. The zero-order valence-corrected chi connectivity index (χ0v) is 9.26. The summed E-state index contributed by atoms with van der Waals surface area (Å²) < 4.78 is 5.58. The molecule has 0 radical (unpaired) electrons. The van der Waals surface area contributed by atoms with Crippen molar-refractivity contribution in [1.82, 2.24) is 4.98 Å². The smallest absolute Gasteiger partial charge is 0.128 e. The molecule has 1 heterocycles. The van der Waals surface area contributed by atoms with Crippen LogP contribution >= 0.6 is 0 Å². The van der Waals surface area contributed by atoms with Gasteiger partial charge in [-0.2, -0.15) is 0 Å². The number of aliphatic hydroxyl groups excluding tert-OH is 1. The molecule has 1 atom stereocenters. The summed E-state index contributed by atoms with van der Waals surface area (Å²) in [5.41, 5.74) is 0.908. The van der Waals surface area contributed by atoms with Crippen LogP contribution in [0, 0.1) is 0 Å². The van der Waals surface area contributed by atoms with Gasteiger partial charge in [0.1, 0.15) is 12.4 Å². The van der Waals surface area contributed by atoms with Crippen molar-refractivity contribution < 1.29 is 9.84 Å². The predicted molar refractivity (Wildman–Crippen MR) is 63.5 cm³/mol. The molecule has 0 spiro atoms. The number of rotatable bonds is 4. The number of hydrogen-bond acceptors (Lipinski definition) is 3. The van der Waals surface area contributed by atoms with Crippen LogP contribution in [0.15, 0.2) is 36.5 Å². The molecule has 0 aliphatic carbocycles. The van der Waals surface area contributed by atoms with E-state index in [1.807, 2.05) is 37.3 Å². The van der Waals surface area contributed by atoms with Gasteiger partial charge in [0.15, 0.2) is 0 Å². The van der Waals surface area contributed by atoms with Crippen LogP contribution in [0.2, 0.25) is 0 Å². The molecule has 1 unspecified atom stereocenters. The third-order valence-corrected chi connectivity index (χ3v) is 2.51. The highest BCUT2D eigenvalue weighted by molar-refractivity contribution is 5.84. The van der Waals surface area contributed by atoms with Crippen LogP contribution < -0.4 is 4.74 Å². The first-order valence-electron chi connectivity index (χ1n) is 5.46. The highest BCUT2D eigenvalue weighted by Crippen LogP contribution is 2.23. The summed E-state index contributed by atoms with van der Waals surface area (Å²) in [5, 5.41) is 10.4. The Morgan fingerprint density at radius 1 is 1.31 bits per heavy atom. The Balaban J connectivity index is 2.23. The van der Waals surface area contributed by atoms with E-state index in [1.54, 1.807) is 6.20 Å². The monoisotopic (exact) mass is 217 g/mol. The van der Waals surface area contributed by atoms with E-state index in [-0.39, 0.29) is 0 Å². The first-order chi connectivity index (χ1) is 7.81. The molecular weight excluding hydrogens is 202 g/mol. The summed E-state index contributed by atoms with van der Waals surface area (Å²) >= 11 is 0. The summed E-state index contributed by atoms with van der Waals surface area (Å²) in [6.45, 7) is 2.25. The molecule has 0 aliphatic rings. The van der Waals surface area contributed by atoms with Gasteiger partial charge in [-0.05, 0) is 30.7 Å². The van der Waals surface area contributed by atoms with Gasteiger partial charge in [0, 0.05) is 11.6 Å². The maximum Gasteiger partial charge on any atom is 0.128 e. The summed E-state index contributed by atoms with van der Waals surface area (Å²) in [7, 11) is 0. The number of ether oxygens (including phenoxy) is 1. The predicted octanol–water partition coefficient (Wildman–Crippen LogP) is 2.38. The molecule has 1 N–H and O–H groups in total. The highest BCUT2D eigenvalue weighted by atomic mass is 16.5. The second-order valence-corrected chi connectivity index (χ2v) is 3.70. The molecule has 2 rings (SSSR count). The number of fused-ring (bicyclic) bond motifs is 1. The average molecular weight is 217 g/mol. The minimum Gasteiger partial charge on any atom is -0.490 e. The molecule has 84 valence electrons. The second-order valence-electron chi connectivity index (χ2n) is 3.70. The van der Waals surface area contributed by atoms with Crippen LogP contribution in [-0.2, 0) is 0 Å². The Labute approximate surface area is 94.7 Å². The lowest BCUT2D eigenvalue weighted by molar-refractivity contribution is 0.105. The number of pyridine rings is 1. The van der Waals surface area contributed by atoms with E-state index in [4.69, 9.17) is 4.74 Å². The summed E-state index contributed by atoms with van der Waals surface area (Å²) in [6, 6.07) is 9.59. The molecule has 0 fully saturated rings. The van der Waals surface area contributed by atoms with Crippen LogP contribution in [0.1, 0.15) is 13.3 Å². The van der Waals surface area contributed by atoms with Crippen molar-refractivity contribution in [3.05, 3.63) is 36.5 Å². The fourth-order valence-corrected chi connectivity index (χ4v) is 1.50. The summed E-state index contributed by atoms with van der Waals surface area (Å²) in [5.74, 6) is 0.776. The zero-order valence-electron chi connectivity index (χ0n) is 9.26. The van der Waals surface area contributed by atoms with Crippen LogP contribution in [0.3, 0.4) is 0 Å². The fraction of sp³-hybridized carbons (Fsp3) is 0.308. The van der Waals surface area contributed by atoms with E-state index in [1.165, 1.54) is 0 Å². The minimum absolute atomic E-state index is 0.324. The molecule has 1 aromatic carbocycles. The minimum atomic E-state index is -0.410. The molecule has 3 nitrogen and oxygen atoms in total. The van der Waals surface area contributed by atoms with Crippen molar-refractivity contribution in [1.29, 1.82) is 0 Å². The largest absolute Gasteiger partial charge is 0.490 e. The number of nitrogens with zero attached hydrogens (tertiary/aromatic N) is 1. The quantitative estimate of drug-likeness (QED) is 0.855. The molecule has 3 heteroatoms. The van der Waals surface area contributed by atoms with Crippen LogP contribution in [-0.4, -0.2) is 22.8 Å². The zero-order chi connectivity index (χ0) is 11.4. The van der Waals surface area contributed by atoms with Crippen LogP contribution in [0.4, 0.5) is 0 Å². The van der Waals surface area contributed by atoms with Gasteiger partial charge < -0.3 is 9.84 Å². The lowest BCUT2D eigenvalue weighted by Gasteiger charge is -2.11. The van der Waals surface area contributed by atoms with Gasteiger partial charge in [-0.1, -0.05) is 13.0 Å². The molecule has 2 aromatic rings. The Kier molecular flexibility index (Phi) is 3.37. The van der Waals surface area contributed by atoms with Crippen LogP contribution in [0.25, 0.3) is 10.9 Å². The average Bonchev–Trinajstić information content (AvgIpc) is 2.35. The van der Waals surface area contributed by atoms with E-state index < -0.39 is 6.10 Å². The molecule has 0 saturated heterocycles. The normalized spacial score (nSPS) is 12.6. The van der Waals surface area contributed by atoms with Crippen molar-refractivity contribution in [2.75, 3.05) is 6.61 Å². The van der Waals surface area contributed by atoms with Crippen molar-refractivity contribution in [2.24, 2.45) is 0 Å². The maximum atomic E-state index is 9.45. The molecule has 0 saturated carbocycles. The topological polar surface area (TPSA) is 42.4 Å². The fourth-order valence-electron chi connectivity index (χ4n) is 1.50. The van der Waals surface area contributed by atoms with Gasteiger partial charge >= 0.3 is 0 Å². The molecule has 0 aliphatic heterocycles. The second kappa shape index (κ2) is 4.94. The highest BCUT2D eigenvalue weighted by Gasteiger charge is 2.05. The standard InChI is InChI=1S/C13H15NO2/c1-2-10(15)9-16-13-7-3-6-12-11(13)5-4-8-14-12/h3-8,10,15H,2,9H2,1H3. The van der Waals surface area contributed by atoms with Gasteiger partial charge in [0.05, 0.1) is 11.6 Å². The molecular formula is C13H15NO2. The van der Waals surface area contributed by atoms with E-state index >= 15 is 0 Å². The van der Waals surface area contributed by atoms with Gasteiger partial charge in [-0.15, -0.1) is 0 Å². The Hall–Kier alpha value is -1.61. The lowest BCUT2D eigenvalue weighted by Crippen LogP contribution is -2.16. The maximum absolute atomic E-state index is 9.45. The van der Waals surface area contributed by atoms with E-state index in [9.17, 15) is 5.11 Å². The van der Waals surface area contributed by atoms with Crippen molar-refractivity contribution in [3.63, 3.8) is 0 Å². The third-order valence-electron chi connectivity index (χ3n) is 2.51. The van der Waals surface area contributed by atoms with Crippen molar-refractivity contribution >= 4 is 10.9 Å². The first kappa shape index (κ1) is 10.9. The van der Waals surface area contributed by atoms with E-state index in [2.05, 4.69) is 4.98 Å².